The van der Waals surface area contributed by atoms with Crippen LogP contribution in [0.4, 0.5) is 0 Å². The SMILES string of the molecule is CCCNC(Cc1ccccc1Cl)c1cc(C)c(Cl)s1. The summed E-state index contributed by atoms with van der Waals surface area (Å²) in [6.45, 7) is 5.21. The maximum atomic E-state index is 6.28. The third-order valence-corrected chi connectivity index (χ3v) is 5.28. The number of hydrogen-bond donors (Lipinski definition) is 1. The molecule has 20 heavy (non-hydrogen) atoms. The monoisotopic (exact) mass is 327 g/mol. The van der Waals surface area contributed by atoms with Crippen LogP contribution >= 0.6 is 34.5 Å². The Kier molecular flexibility index (Phi) is 5.91. The van der Waals surface area contributed by atoms with Crippen molar-refractivity contribution in [3.8, 4) is 0 Å². The zero-order valence-electron chi connectivity index (χ0n) is 11.7. The maximum absolute atomic E-state index is 6.28. The fraction of sp³-hybridized carbons (Fsp3) is 0.375. The molecule has 108 valence electrons. The fourth-order valence-corrected chi connectivity index (χ4v) is 3.64. The van der Waals surface area contributed by atoms with E-state index in [-0.39, 0.29) is 6.04 Å². The van der Waals surface area contributed by atoms with Crippen molar-refractivity contribution >= 4 is 34.5 Å². The highest BCUT2D eigenvalue weighted by molar-refractivity contribution is 7.16. The van der Waals surface area contributed by atoms with Gasteiger partial charge in [0.05, 0.1) is 4.34 Å². The second-order valence-corrected chi connectivity index (χ2v) is 7.00. The lowest BCUT2D eigenvalue weighted by Crippen LogP contribution is -2.23. The molecule has 1 aromatic heterocycles. The van der Waals surface area contributed by atoms with Crippen LogP contribution < -0.4 is 5.32 Å². The molecule has 0 saturated heterocycles. The summed E-state index contributed by atoms with van der Waals surface area (Å²) in [6.07, 6.45) is 1.99. The van der Waals surface area contributed by atoms with Crippen LogP contribution in [0.25, 0.3) is 0 Å². The van der Waals surface area contributed by atoms with Gasteiger partial charge in [0.2, 0.25) is 0 Å². The molecule has 4 heteroatoms. The van der Waals surface area contributed by atoms with E-state index in [4.69, 9.17) is 23.2 Å². The average molecular weight is 328 g/mol. The molecule has 0 aliphatic carbocycles. The number of aryl methyl sites for hydroxylation is 1. The number of thiophene rings is 1. The van der Waals surface area contributed by atoms with Gasteiger partial charge in [-0.3, -0.25) is 0 Å². The van der Waals surface area contributed by atoms with Gasteiger partial charge in [-0.05, 0) is 49.6 Å². The molecule has 0 amide bonds. The summed E-state index contributed by atoms with van der Waals surface area (Å²) in [6, 6.07) is 10.5. The van der Waals surface area contributed by atoms with Crippen LogP contribution in [0.15, 0.2) is 30.3 Å². The van der Waals surface area contributed by atoms with Crippen molar-refractivity contribution in [2.75, 3.05) is 6.54 Å². The van der Waals surface area contributed by atoms with Crippen molar-refractivity contribution in [3.05, 3.63) is 55.7 Å². The number of halogens is 2. The van der Waals surface area contributed by atoms with Gasteiger partial charge in [0.15, 0.2) is 0 Å². The first-order chi connectivity index (χ1) is 9.61. The van der Waals surface area contributed by atoms with Gasteiger partial charge < -0.3 is 5.32 Å². The van der Waals surface area contributed by atoms with Gasteiger partial charge in [-0.15, -0.1) is 11.3 Å². The molecule has 1 nitrogen and oxygen atoms in total. The Morgan fingerprint density at radius 2 is 2.00 bits per heavy atom. The quantitative estimate of drug-likeness (QED) is 0.723. The van der Waals surface area contributed by atoms with Gasteiger partial charge in [0.25, 0.3) is 0 Å². The molecule has 0 saturated carbocycles. The molecule has 1 heterocycles. The van der Waals surface area contributed by atoms with Gasteiger partial charge in [-0.1, -0.05) is 48.3 Å². The Morgan fingerprint density at radius 1 is 1.25 bits per heavy atom. The van der Waals surface area contributed by atoms with Crippen LogP contribution in [-0.4, -0.2) is 6.54 Å². The second kappa shape index (κ2) is 7.46. The van der Waals surface area contributed by atoms with Crippen molar-refractivity contribution in [1.29, 1.82) is 0 Å². The minimum atomic E-state index is 0.269. The van der Waals surface area contributed by atoms with Crippen molar-refractivity contribution in [1.82, 2.24) is 5.32 Å². The lowest BCUT2D eigenvalue weighted by molar-refractivity contribution is 0.536. The Morgan fingerprint density at radius 3 is 2.60 bits per heavy atom. The molecule has 0 aliphatic rings. The normalized spacial score (nSPS) is 12.6. The van der Waals surface area contributed by atoms with Crippen LogP contribution in [0.3, 0.4) is 0 Å². The highest BCUT2D eigenvalue weighted by Gasteiger charge is 2.16. The summed E-state index contributed by atoms with van der Waals surface area (Å²) in [5.74, 6) is 0. The number of rotatable bonds is 6. The van der Waals surface area contributed by atoms with E-state index in [9.17, 15) is 0 Å². The zero-order chi connectivity index (χ0) is 14.5. The van der Waals surface area contributed by atoms with Crippen molar-refractivity contribution < 1.29 is 0 Å². The summed E-state index contributed by atoms with van der Waals surface area (Å²) in [7, 11) is 0. The molecular formula is C16H19Cl2NS. The highest BCUT2D eigenvalue weighted by Crippen LogP contribution is 2.33. The standard InChI is InChI=1S/C16H19Cl2NS/c1-3-8-19-14(15-9-11(2)16(18)20-15)10-12-6-4-5-7-13(12)17/h4-7,9,14,19H,3,8,10H2,1-2H3. The molecule has 0 aliphatic heterocycles. The lowest BCUT2D eigenvalue weighted by atomic mass is 10.0. The maximum Gasteiger partial charge on any atom is 0.0960 e. The minimum absolute atomic E-state index is 0.269. The van der Waals surface area contributed by atoms with Crippen molar-refractivity contribution in [2.45, 2.75) is 32.7 Å². The molecule has 0 spiro atoms. The van der Waals surface area contributed by atoms with E-state index in [0.29, 0.717) is 0 Å². The Labute approximate surface area is 134 Å². The van der Waals surface area contributed by atoms with Gasteiger partial charge >= 0.3 is 0 Å². The predicted octanol–water partition coefficient (Wildman–Crippen LogP) is 5.65. The number of nitrogens with one attached hydrogen (secondary N) is 1. The molecule has 0 fully saturated rings. The first-order valence-corrected chi connectivity index (χ1v) is 8.41. The minimum Gasteiger partial charge on any atom is -0.309 e. The number of hydrogen-bond acceptors (Lipinski definition) is 2. The van der Waals surface area contributed by atoms with Crippen molar-refractivity contribution in [3.63, 3.8) is 0 Å². The fourth-order valence-electron chi connectivity index (χ4n) is 2.13. The molecule has 0 bridgehead atoms. The van der Waals surface area contributed by atoms with Crippen LogP contribution in [0.5, 0.6) is 0 Å². The van der Waals surface area contributed by atoms with E-state index >= 15 is 0 Å². The van der Waals surface area contributed by atoms with Crippen LogP contribution in [0.1, 0.15) is 35.4 Å². The van der Waals surface area contributed by atoms with E-state index < -0.39 is 0 Å². The smallest absolute Gasteiger partial charge is 0.0960 e. The Bertz CT molecular complexity index is 546. The molecule has 1 unspecified atom stereocenters. The molecular weight excluding hydrogens is 309 g/mol. The predicted molar refractivity (Wildman–Crippen MR) is 90.3 cm³/mol. The van der Waals surface area contributed by atoms with Gasteiger partial charge in [0, 0.05) is 15.9 Å². The van der Waals surface area contributed by atoms with Crippen LogP contribution in [0.2, 0.25) is 9.36 Å². The van der Waals surface area contributed by atoms with E-state index in [1.165, 1.54) is 10.4 Å². The Hall–Kier alpha value is -0.540. The molecule has 2 aromatic rings. The summed E-state index contributed by atoms with van der Waals surface area (Å²) < 4.78 is 0.877. The van der Waals surface area contributed by atoms with Gasteiger partial charge in [0.1, 0.15) is 0 Å². The Balaban J connectivity index is 2.21. The van der Waals surface area contributed by atoms with E-state index in [2.05, 4.69) is 31.3 Å². The average Bonchev–Trinajstić information content (AvgIpc) is 2.76. The first kappa shape index (κ1) is 15.8. The van der Waals surface area contributed by atoms with E-state index in [0.717, 1.165) is 34.3 Å². The van der Waals surface area contributed by atoms with E-state index in [1.54, 1.807) is 11.3 Å². The number of benzene rings is 1. The van der Waals surface area contributed by atoms with Gasteiger partial charge in [-0.25, -0.2) is 0 Å². The molecule has 2 rings (SSSR count). The largest absolute Gasteiger partial charge is 0.309 e. The summed E-state index contributed by atoms with van der Waals surface area (Å²) >= 11 is 14.1. The zero-order valence-corrected chi connectivity index (χ0v) is 14.1. The van der Waals surface area contributed by atoms with Crippen LogP contribution in [0, 0.1) is 6.92 Å². The topological polar surface area (TPSA) is 12.0 Å². The third kappa shape index (κ3) is 3.98. The summed E-state index contributed by atoms with van der Waals surface area (Å²) in [4.78, 5) is 1.28. The van der Waals surface area contributed by atoms with E-state index in [1.807, 2.05) is 18.2 Å². The van der Waals surface area contributed by atoms with Crippen molar-refractivity contribution in [2.24, 2.45) is 0 Å². The molecule has 0 radical (unpaired) electrons. The third-order valence-electron chi connectivity index (χ3n) is 3.24. The highest BCUT2D eigenvalue weighted by atomic mass is 35.5. The van der Waals surface area contributed by atoms with Crippen LogP contribution in [-0.2, 0) is 6.42 Å². The van der Waals surface area contributed by atoms with Gasteiger partial charge in [-0.2, -0.15) is 0 Å². The summed E-state index contributed by atoms with van der Waals surface area (Å²) in [5, 5.41) is 4.42. The first-order valence-electron chi connectivity index (χ1n) is 6.84. The molecule has 1 atom stereocenters. The molecule has 1 aromatic carbocycles. The lowest BCUT2D eigenvalue weighted by Gasteiger charge is -2.18. The molecule has 1 N–H and O–H groups in total. The second-order valence-electron chi connectivity index (χ2n) is 4.91. The summed E-state index contributed by atoms with van der Waals surface area (Å²) in [5.41, 5.74) is 2.32.